The summed E-state index contributed by atoms with van der Waals surface area (Å²) in [5, 5.41) is 2.68. The normalized spacial score (nSPS) is 10.0. The van der Waals surface area contributed by atoms with E-state index >= 15 is 0 Å². The summed E-state index contributed by atoms with van der Waals surface area (Å²) in [4.78, 5) is 22.6. The van der Waals surface area contributed by atoms with Gasteiger partial charge in [0.05, 0.1) is 19.6 Å². The number of rotatable bonds is 9. The molecule has 0 bridgehead atoms. The number of carbonyl (C=O) groups is 2. The fraction of sp³-hybridized carbons (Fsp3) is 0.467. The van der Waals surface area contributed by atoms with Gasteiger partial charge in [-0.1, -0.05) is 15.9 Å². The highest BCUT2D eigenvalue weighted by molar-refractivity contribution is 9.10. The van der Waals surface area contributed by atoms with Crippen molar-refractivity contribution in [3.05, 3.63) is 28.7 Å². The standard InChI is InChI=1S/C15H20BrNO4/c1-2-20-15(19)9-10-17-14(18)4-3-11-21-13-7-5-12(16)6-8-13/h5-8H,2-4,9-11H2,1H3,(H,17,18). The first-order chi connectivity index (χ1) is 10.1. The molecule has 0 radical (unpaired) electrons. The van der Waals surface area contributed by atoms with Gasteiger partial charge in [-0.25, -0.2) is 0 Å². The number of amides is 1. The zero-order chi connectivity index (χ0) is 15.5. The first-order valence-electron chi connectivity index (χ1n) is 6.92. The molecular formula is C15H20BrNO4. The highest BCUT2D eigenvalue weighted by Crippen LogP contribution is 2.16. The number of nitrogens with one attached hydrogen (secondary N) is 1. The maximum Gasteiger partial charge on any atom is 0.307 e. The van der Waals surface area contributed by atoms with Crippen LogP contribution in [-0.2, 0) is 14.3 Å². The van der Waals surface area contributed by atoms with Crippen molar-refractivity contribution in [2.75, 3.05) is 19.8 Å². The summed E-state index contributed by atoms with van der Waals surface area (Å²) in [5.41, 5.74) is 0. The molecule has 5 nitrogen and oxygen atoms in total. The van der Waals surface area contributed by atoms with Crippen LogP contribution in [0.25, 0.3) is 0 Å². The quantitative estimate of drug-likeness (QED) is 0.545. The summed E-state index contributed by atoms with van der Waals surface area (Å²) in [6.07, 6.45) is 1.20. The lowest BCUT2D eigenvalue weighted by molar-refractivity contribution is -0.143. The average Bonchev–Trinajstić information content (AvgIpc) is 2.46. The molecule has 1 N–H and O–H groups in total. The molecule has 0 aliphatic carbocycles. The molecule has 1 aromatic rings. The zero-order valence-corrected chi connectivity index (χ0v) is 13.6. The van der Waals surface area contributed by atoms with E-state index in [1.807, 2.05) is 24.3 Å². The van der Waals surface area contributed by atoms with Crippen LogP contribution < -0.4 is 10.1 Å². The second-order valence-electron chi connectivity index (χ2n) is 4.31. The Kier molecular flexibility index (Phi) is 8.50. The van der Waals surface area contributed by atoms with Gasteiger partial charge in [0.15, 0.2) is 0 Å². The van der Waals surface area contributed by atoms with Crippen LogP contribution in [0.5, 0.6) is 5.75 Å². The number of hydrogen-bond donors (Lipinski definition) is 1. The fourth-order valence-electron chi connectivity index (χ4n) is 1.58. The molecule has 0 saturated carbocycles. The third kappa shape index (κ3) is 8.34. The molecule has 6 heteroatoms. The maximum absolute atomic E-state index is 11.5. The van der Waals surface area contributed by atoms with Crippen LogP contribution in [0.3, 0.4) is 0 Å². The van der Waals surface area contributed by atoms with Crippen molar-refractivity contribution in [2.45, 2.75) is 26.2 Å². The topological polar surface area (TPSA) is 64.6 Å². The van der Waals surface area contributed by atoms with Crippen molar-refractivity contribution in [1.29, 1.82) is 0 Å². The highest BCUT2D eigenvalue weighted by Gasteiger charge is 2.04. The van der Waals surface area contributed by atoms with E-state index in [0.29, 0.717) is 32.6 Å². The first-order valence-corrected chi connectivity index (χ1v) is 7.71. The Balaban J connectivity index is 2.05. The lowest BCUT2D eigenvalue weighted by Gasteiger charge is -2.07. The number of halogens is 1. The zero-order valence-electron chi connectivity index (χ0n) is 12.1. The fourth-order valence-corrected chi connectivity index (χ4v) is 1.84. The molecule has 0 aromatic heterocycles. The van der Waals surface area contributed by atoms with Gasteiger partial charge in [-0.3, -0.25) is 9.59 Å². The third-order valence-electron chi connectivity index (χ3n) is 2.59. The van der Waals surface area contributed by atoms with Crippen molar-refractivity contribution < 1.29 is 19.1 Å². The second-order valence-corrected chi connectivity index (χ2v) is 5.23. The molecule has 0 unspecified atom stereocenters. The van der Waals surface area contributed by atoms with E-state index in [9.17, 15) is 9.59 Å². The summed E-state index contributed by atoms with van der Waals surface area (Å²) < 4.78 is 11.3. The van der Waals surface area contributed by atoms with E-state index in [1.165, 1.54) is 0 Å². The molecule has 0 fully saturated rings. The third-order valence-corrected chi connectivity index (χ3v) is 3.12. The molecule has 0 saturated heterocycles. The van der Waals surface area contributed by atoms with Crippen molar-refractivity contribution in [3.63, 3.8) is 0 Å². The molecular weight excluding hydrogens is 338 g/mol. The van der Waals surface area contributed by atoms with Gasteiger partial charge in [-0.15, -0.1) is 0 Å². The van der Waals surface area contributed by atoms with E-state index in [4.69, 9.17) is 9.47 Å². The SMILES string of the molecule is CCOC(=O)CCNC(=O)CCCOc1ccc(Br)cc1. The summed E-state index contributed by atoms with van der Waals surface area (Å²) in [5.74, 6) is 0.399. The Morgan fingerprint density at radius 3 is 2.57 bits per heavy atom. The molecule has 1 amide bonds. The minimum atomic E-state index is -0.295. The summed E-state index contributed by atoms with van der Waals surface area (Å²) >= 11 is 3.35. The van der Waals surface area contributed by atoms with Gasteiger partial charge in [0.2, 0.25) is 5.91 Å². The molecule has 116 valence electrons. The number of benzene rings is 1. The highest BCUT2D eigenvalue weighted by atomic mass is 79.9. The van der Waals surface area contributed by atoms with Crippen LogP contribution in [0, 0.1) is 0 Å². The van der Waals surface area contributed by atoms with Gasteiger partial charge in [-0.2, -0.15) is 0 Å². The Morgan fingerprint density at radius 1 is 1.19 bits per heavy atom. The van der Waals surface area contributed by atoms with Crippen LogP contribution >= 0.6 is 15.9 Å². The smallest absolute Gasteiger partial charge is 0.307 e. The summed E-state index contributed by atoms with van der Waals surface area (Å²) in [6.45, 7) is 2.90. The predicted molar refractivity (Wildman–Crippen MR) is 83.1 cm³/mol. The van der Waals surface area contributed by atoms with Gasteiger partial charge >= 0.3 is 5.97 Å². The minimum absolute atomic E-state index is 0.0845. The van der Waals surface area contributed by atoms with Gasteiger partial charge in [-0.05, 0) is 37.6 Å². The monoisotopic (exact) mass is 357 g/mol. The summed E-state index contributed by atoms with van der Waals surface area (Å²) in [7, 11) is 0. The Hall–Kier alpha value is -1.56. The van der Waals surface area contributed by atoms with Gasteiger partial charge < -0.3 is 14.8 Å². The number of hydrogen-bond acceptors (Lipinski definition) is 4. The Labute approximate surface area is 133 Å². The van der Waals surface area contributed by atoms with E-state index in [0.717, 1.165) is 10.2 Å². The minimum Gasteiger partial charge on any atom is -0.494 e. The van der Waals surface area contributed by atoms with E-state index < -0.39 is 0 Å². The average molecular weight is 358 g/mol. The molecule has 1 rings (SSSR count). The Bertz CT molecular complexity index is 447. The molecule has 0 spiro atoms. The van der Waals surface area contributed by atoms with Crippen LogP contribution in [0.2, 0.25) is 0 Å². The first kappa shape index (κ1) is 17.5. The van der Waals surface area contributed by atoms with Crippen LogP contribution in [0.15, 0.2) is 28.7 Å². The molecule has 0 heterocycles. The lowest BCUT2D eigenvalue weighted by Crippen LogP contribution is -2.26. The van der Waals surface area contributed by atoms with Crippen LogP contribution in [-0.4, -0.2) is 31.6 Å². The lowest BCUT2D eigenvalue weighted by atomic mass is 10.3. The van der Waals surface area contributed by atoms with Crippen LogP contribution in [0.4, 0.5) is 0 Å². The number of carbonyl (C=O) groups excluding carboxylic acids is 2. The molecule has 21 heavy (non-hydrogen) atoms. The maximum atomic E-state index is 11.5. The van der Waals surface area contributed by atoms with Crippen molar-refractivity contribution in [2.24, 2.45) is 0 Å². The van der Waals surface area contributed by atoms with Gasteiger partial charge in [0, 0.05) is 17.4 Å². The van der Waals surface area contributed by atoms with E-state index in [1.54, 1.807) is 6.92 Å². The van der Waals surface area contributed by atoms with Gasteiger partial charge in [0.25, 0.3) is 0 Å². The number of esters is 1. The summed E-state index contributed by atoms with van der Waals surface area (Å²) in [6, 6.07) is 7.53. The van der Waals surface area contributed by atoms with E-state index in [2.05, 4.69) is 21.2 Å². The van der Waals surface area contributed by atoms with Crippen LogP contribution in [0.1, 0.15) is 26.2 Å². The van der Waals surface area contributed by atoms with Crippen molar-refractivity contribution in [1.82, 2.24) is 5.32 Å². The second kappa shape index (κ2) is 10.2. The predicted octanol–water partition coefficient (Wildman–Crippen LogP) is 2.68. The van der Waals surface area contributed by atoms with E-state index in [-0.39, 0.29) is 18.3 Å². The van der Waals surface area contributed by atoms with Gasteiger partial charge in [0.1, 0.15) is 5.75 Å². The molecule has 1 aromatic carbocycles. The molecule has 0 atom stereocenters. The van der Waals surface area contributed by atoms with Crippen molar-refractivity contribution in [3.8, 4) is 5.75 Å². The molecule has 0 aliphatic rings. The molecule has 0 aliphatic heterocycles. The largest absolute Gasteiger partial charge is 0.494 e. The Morgan fingerprint density at radius 2 is 1.90 bits per heavy atom. The number of ether oxygens (including phenoxy) is 2. The van der Waals surface area contributed by atoms with Crippen molar-refractivity contribution >= 4 is 27.8 Å².